The maximum atomic E-state index is 14.0. The third kappa shape index (κ3) is 2.21. The maximum absolute atomic E-state index is 14.0. The van der Waals surface area contributed by atoms with Gasteiger partial charge in [0.1, 0.15) is 5.82 Å². The molecule has 0 aromatic heterocycles. The third-order valence-electron chi connectivity index (χ3n) is 3.26. The number of rotatable bonds is 1. The SMILES string of the molecule is CC(C)(C)c1ccc(N2CCCC2)c(F)c1. The molecule has 0 spiro atoms. The normalized spacial score (nSPS) is 16.9. The minimum absolute atomic E-state index is 0.0182. The van der Waals surface area contributed by atoms with E-state index in [0.29, 0.717) is 0 Å². The van der Waals surface area contributed by atoms with Crippen LogP contribution in [0.1, 0.15) is 39.2 Å². The first-order chi connectivity index (χ1) is 7.48. The first-order valence-corrected chi connectivity index (χ1v) is 6.03. The molecule has 1 aliphatic heterocycles. The predicted octanol–water partition coefficient (Wildman–Crippen LogP) is 3.72. The van der Waals surface area contributed by atoms with Crippen molar-refractivity contribution in [2.24, 2.45) is 0 Å². The van der Waals surface area contributed by atoms with Crippen LogP contribution in [0.5, 0.6) is 0 Å². The van der Waals surface area contributed by atoms with Crippen molar-refractivity contribution in [3.63, 3.8) is 0 Å². The summed E-state index contributed by atoms with van der Waals surface area (Å²) in [6.45, 7) is 8.31. The molecule has 1 aromatic rings. The van der Waals surface area contributed by atoms with Gasteiger partial charge in [0.2, 0.25) is 0 Å². The van der Waals surface area contributed by atoms with E-state index < -0.39 is 0 Å². The minimum atomic E-state index is -0.0747. The van der Waals surface area contributed by atoms with Gasteiger partial charge in [-0.25, -0.2) is 4.39 Å². The van der Waals surface area contributed by atoms with Crippen LogP contribution >= 0.6 is 0 Å². The fourth-order valence-electron chi connectivity index (χ4n) is 2.19. The molecular weight excluding hydrogens is 201 g/mol. The molecule has 1 aliphatic rings. The summed E-state index contributed by atoms with van der Waals surface area (Å²) < 4.78 is 14.0. The second-order valence-electron chi connectivity index (χ2n) is 5.61. The second-order valence-corrected chi connectivity index (χ2v) is 5.61. The molecule has 88 valence electrons. The molecule has 1 aromatic carbocycles. The second kappa shape index (κ2) is 4.08. The lowest BCUT2D eigenvalue weighted by atomic mass is 9.87. The van der Waals surface area contributed by atoms with Crippen LogP contribution in [0.3, 0.4) is 0 Å². The highest BCUT2D eigenvalue weighted by Gasteiger charge is 2.19. The van der Waals surface area contributed by atoms with Crippen molar-refractivity contribution in [3.8, 4) is 0 Å². The molecule has 0 saturated carbocycles. The standard InChI is InChI=1S/C14H20FN/c1-14(2,3)11-6-7-13(12(15)10-11)16-8-4-5-9-16/h6-7,10H,4-5,8-9H2,1-3H3. The topological polar surface area (TPSA) is 3.24 Å². The Morgan fingerprint density at radius 1 is 1.12 bits per heavy atom. The average molecular weight is 221 g/mol. The lowest BCUT2D eigenvalue weighted by molar-refractivity contribution is 0.571. The van der Waals surface area contributed by atoms with E-state index in [-0.39, 0.29) is 11.2 Å². The summed E-state index contributed by atoms with van der Waals surface area (Å²) in [5, 5.41) is 0. The van der Waals surface area contributed by atoms with Crippen LogP contribution < -0.4 is 4.90 Å². The van der Waals surface area contributed by atoms with Crippen LogP contribution in [0.15, 0.2) is 18.2 Å². The van der Waals surface area contributed by atoms with Crippen LogP contribution in [0.25, 0.3) is 0 Å². The zero-order valence-electron chi connectivity index (χ0n) is 10.4. The van der Waals surface area contributed by atoms with Crippen LogP contribution in [-0.4, -0.2) is 13.1 Å². The fourth-order valence-corrected chi connectivity index (χ4v) is 2.19. The lowest BCUT2D eigenvalue weighted by Gasteiger charge is -2.23. The highest BCUT2D eigenvalue weighted by molar-refractivity contribution is 5.50. The van der Waals surface area contributed by atoms with Crippen molar-refractivity contribution >= 4 is 5.69 Å². The van der Waals surface area contributed by atoms with E-state index in [9.17, 15) is 4.39 Å². The molecule has 0 unspecified atom stereocenters. The fraction of sp³-hybridized carbons (Fsp3) is 0.571. The Bertz CT molecular complexity index is 373. The van der Waals surface area contributed by atoms with Gasteiger partial charge in [0.05, 0.1) is 5.69 Å². The Hall–Kier alpha value is -1.05. The maximum Gasteiger partial charge on any atom is 0.146 e. The molecule has 2 rings (SSSR count). The van der Waals surface area contributed by atoms with Gasteiger partial charge in [0.15, 0.2) is 0 Å². The molecule has 0 bridgehead atoms. The van der Waals surface area contributed by atoms with Gasteiger partial charge in [0.25, 0.3) is 0 Å². The van der Waals surface area contributed by atoms with Gasteiger partial charge in [-0.05, 0) is 36.0 Å². The highest BCUT2D eigenvalue weighted by atomic mass is 19.1. The van der Waals surface area contributed by atoms with E-state index in [1.807, 2.05) is 6.07 Å². The monoisotopic (exact) mass is 221 g/mol. The minimum Gasteiger partial charge on any atom is -0.369 e. The van der Waals surface area contributed by atoms with E-state index in [0.717, 1.165) is 24.3 Å². The van der Waals surface area contributed by atoms with Crippen LogP contribution in [0, 0.1) is 5.82 Å². The zero-order valence-corrected chi connectivity index (χ0v) is 10.4. The third-order valence-corrected chi connectivity index (χ3v) is 3.26. The van der Waals surface area contributed by atoms with E-state index in [1.54, 1.807) is 6.07 Å². The van der Waals surface area contributed by atoms with E-state index in [1.165, 1.54) is 12.8 Å². The van der Waals surface area contributed by atoms with Crippen LogP contribution in [0.2, 0.25) is 0 Å². The van der Waals surface area contributed by atoms with Crippen molar-refractivity contribution in [2.45, 2.75) is 39.0 Å². The van der Waals surface area contributed by atoms with Gasteiger partial charge in [-0.2, -0.15) is 0 Å². The first-order valence-electron chi connectivity index (χ1n) is 6.03. The Morgan fingerprint density at radius 2 is 1.75 bits per heavy atom. The number of benzene rings is 1. The molecule has 1 nitrogen and oxygen atoms in total. The van der Waals surface area contributed by atoms with Crippen LogP contribution in [-0.2, 0) is 5.41 Å². The average Bonchev–Trinajstić information content (AvgIpc) is 2.69. The summed E-state index contributed by atoms with van der Waals surface area (Å²) in [7, 11) is 0. The molecule has 0 amide bonds. The largest absolute Gasteiger partial charge is 0.369 e. The summed E-state index contributed by atoms with van der Waals surface area (Å²) >= 11 is 0. The molecule has 2 heteroatoms. The zero-order chi connectivity index (χ0) is 11.8. The molecule has 1 heterocycles. The molecule has 0 radical (unpaired) electrons. The molecule has 1 fully saturated rings. The number of hydrogen-bond donors (Lipinski definition) is 0. The summed E-state index contributed by atoms with van der Waals surface area (Å²) in [5.41, 5.74) is 1.85. The van der Waals surface area contributed by atoms with E-state index in [4.69, 9.17) is 0 Å². The Morgan fingerprint density at radius 3 is 2.25 bits per heavy atom. The van der Waals surface area contributed by atoms with Crippen molar-refractivity contribution in [3.05, 3.63) is 29.6 Å². The number of nitrogens with zero attached hydrogens (tertiary/aromatic N) is 1. The quantitative estimate of drug-likeness (QED) is 0.698. The number of hydrogen-bond acceptors (Lipinski definition) is 1. The van der Waals surface area contributed by atoms with Gasteiger partial charge in [-0.1, -0.05) is 26.8 Å². The Balaban J connectivity index is 2.29. The molecule has 0 atom stereocenters. The summed E-state index contributed by atoms with van der Waals surface area (Å²) in [6.07, 6.45) is 2.36. The van der Waals surface area contributed by atoms with E-state index >= 15 is 0 Å². The van der Waals surface area contributed by atoms with Gasteiger partial charge in [-0.3, -0.25) is 0 Å². The van der Waals surface area contributed by atoms with Gasteiger partial charge < -0.3 is 4.90 Å². The molecule has 0 N–H and O–H groups in total. The lowest BCUT2D eigenvalue weighted by Crippen LogP contribution is -2.20. The summed E-state index contributed by atoms with van der Waals surface area (Å²) in [5.74, 6) is -0.0747. The molecular formula is C14H20FN. The number of anilines is 1. The Labute approximate surface area is 97.3 Å². The highest BCUT2D eigenvalue weighted by Crippen LogP contribution is 2.29. The number of halogens is 1. The van der Waals surface area contributed by atoms with Gasteiger partial charge >= 0.3 is 0 Å². The molecule has 0 aliphatic carbocycles. The van der Waals surface area contributed by atoms with Crippen molar-refractivity contribution < 1.29 is 4.39 Å². The van der Waals surface area contributed by atoms with Crippen molar-refractivity contribution in [2.75, 3.05) is 18.0 Å². The molecule has 1 saturated heterocycles. The smallest absolute Gasteiger partial charge is 0.146 e. The van der Waals surface area contributed by atoms with E-state index in [2.05, 4.69) is 31.7 Å². The first kappa shape index (κ1) is 11.4. The van der Waals surface area contributed by atoms with Gasteiger partial charge in [-0.15, -0.1) is 0 Å². The summed E-state index contributed by atoms with van der Waals surface area (Å²) in [6, 6.07) is 5.67. The summed E-state index contributed by atoms with van der Waals surface area (Å²) in [4.78, 5) is 2.14. The van der Waals surface area contributed by atoms with Crippen molar-refractivity contribution in [1.82, 2.24) is 0 Å². The van der Waals surface area contributed by atoms with Crippen LogP contribution in [0.4, 0.5) is 10.1 Å². The van der Waals surface area contributed by atoms with Crippen molar-refractivity contribution in [1.29, 1.82) is 0 Å². The molecule has 16 heavy (non-hydrogen) atoms. The predicted molar refractivity (Wildman–Crippen MR) is 66.5 cm³/mol. The Kier molecular flexibility index (Phi) is 2.92. The van der Waals surface area contributed by atoms with Gasteiger partial charge in [0, 0.05) is 13.1 Å².